The summed E-state index contributed by atoms with van der Waals surface area (Å²) in [5.74, 6) is 0. The molecule has 0 aliphatic rings. The van der Waals surface area contributed by atoms with Gasteiger partial charge in [-0.2, -0.15) is 79.0 Å². The molecule has 6 aromatic carbocycles. The molecule has 0 heterocycles. The minimum absolute atomic E-state index is 0. The molecule has 6 aromatic rings. The Bertz CT molecular complexity index is 2240. The van der Waals surface area contributed by atoms with Gasteiger partial charge < -0.3 is 0 Å². The van der Waals surface area contributed by atoms with Gasteiger partial charge in [-0.25, -0.2) is 0 Å². The van der Waals surface area contributed by atoms with Crippen LogP contribution in [0.2, 0.25) is 0 Å². The molecule has 0 bridgehead atoms. The molecule has 0 spiro atoms. The van der Waals surface area contributed by atoms with Crippen molar-refractivity contribution in [3.8, 4) is 0 Å². The molecule has 371 valence electrons. The second-order valence-corrected chi connectivity index (χ2v) is 22.5. The standard InChI is InChI=1S/C47H33F18P3.Rh/c1-41(26-66(35-14-2-8-29(20-35)42(48,49)50)36-15-3-9-30(21-36)43(51,52)53,27-67(37-16-4-10-31(22-37)44(54,55)56)38-17-5-11-32(23-38)45(57,58)59)28-68(39-18-6-12-33(24-39)46(60,61)62)40-19-7-13-34(25-40)47(63,64)65;/h2-25H,26-28H2,1H3;. The molecule has 0 aliphatic carbocycles. The average Bonchev–Trinajstić information content (AvgIpc) is 3.25. The van der Waals surface area contributed by atoms with E-state index in [0.717, 1.165) is 36.4 Å². The number of rotatable bonds is 12. The van der Waals surface area contributed by atoms with Gasteiger partial charge in [0.05, 0.1) is 33.4 Å². The molecule has 0 aromatic heterocycles. The molecule has 0 amide bonds. The van der Waals surface area contributed by atoms with E-state index < -0.39 is 118 Å². The number of alkyl halides is 18. The fourth-order valence-corrected chi connectivity index (χ4v) is 16.2. The van der Waals surface area contributed by atoms with E-state index >= 15 is 0 Å². The van der Waals surface area contributed by atoms with E-state index in [1.165, 1.54) is 43.3 Å². The third-order valence-corrected chi connectivity index (χ3v) is 19.2. The van der Waals surface area contributed by atoms with Crippen molar-refractivity contribution in [2.24, 2.45) is 5.41 Å². The van der Waals surface area contributed by atoms with E-state index in [2.05, 4.69) is 0 Å². The smallest absolute Gasteiger partial charge is 0.166 e. The van der Waals surface area contributed by atoms with Crippen LogP contribution in [0, 0.1) is 5.41 Å². The molecule has 0 N–H and O–H groups in total. The van der Waals surface area contributed by atoms with Gasteiger partial charge >= 0.3 is 37.1 Å². The molecule has 6 rings (SSSR count). The first-order valence-electron chi connectivity index (χ1n) is 19.7. The minimum Gasteiger partial charge on any atom is -0.166 e. The van der Waals surface area contributed by atoms with Crippen LogP contribution < -0.4 is 31.8 Å². The Morgan fingerprint density at radius 3 is 0.551 bits per heavy atom. The normalized spacial score (nSPS) is 13.3. The van der Waals surface area contributed by atoms with Crippen LogP contribution >= 0.6 is 23.8 Å². The van der Waals surface area contributed by atoms with Gasteiger partial charge in [0.25, 0.3) is 0 Å². The molecular weight excluding hydrogens is 1100 g/mol. The quantitative estimate of drug-likeness (QED) is 0.0651. The van der Waals surface area contributed by atoms with E-state index in [0.29, 0.717) is 72.8 Å². The number of hydrogen-bond acceptors (Lipinski definition) is 0. The fraction of sp³-hybridized carbons (Fsp3) is 0.234. The first-order chi connectivity index (χ1) is 31.3. The average molecular weight is 1140 g/mol. The minimum atomic E-state index is -5.00. The Hall–Kier alpha value is -4.03. The number of halogens is 18. The van der Waals surface area contributed by atoms with Crippen LogP contribution in [0.3, 0.4) is 0 Å². The van der Waals surface area contributed by atoms with Crippen LogP contribution in [0.1, 0.15) is 40.3 Å². The van der Waals surface area contributed by atoms with Gasteiger partial charge in [-0.15, -0.1) is 0 Å². The van der Waals surface area contributed by atoms with Gasteiger partial charge in [-0.05, 0) is 152 Å². The van der Waals surface area contributed by atoms with Gasteiger partial charge in [0.1, 0.15) is 0 Å². The molecule has 69 heavy (non-hydrogen) atoms. The molecule has 0 nitrogen and oxygen atoms in total. The third-order valence-electron chi connectivity index (χ3n) is 10.5. The van der Waals surface area contributed by atoms with Crippen molar-refractivity contribution in [3.05, 3.63) is 179 Å². The predicted octanol–water partition coefficient (Wildman–Crippen LogP) is 14.5. The summed E-state index contributed by atoms with van der Waals surface area (Å²) in [6.07, 6.45) is -31.6. The molecule has 0 aliphatic heterocycles. The van der Waals surface area contributed by atoms with Crippen molar-refractivity contribution < 1.29 is 98.5 Å². The molecule has 1 radical (unpaired) electrons. The predicted molar refractivity (Wildman–Crippen MR) is 230 cm³/mol. The molecule has 22 heteroatoms. The summed E-state index contributed by atoms with van der Waals surface area (Å²) < 4.78 is 257. The Balaban J connectivity index is 0.00000888. The van der Waals surface area contributed by atoms with Crippen molar-refractivity contribution in [2.75, 3.05) is 18.5 Å². The van der Waals surface area contributed by atoms with Gasteiger partial charge in [-0.1, -0.05) is 79.7 Å². The van der Waals surface area contributed by atoms with E-state index in [1.807, 2.05) is 0 Å². The van der Waals surface area contributed by atoms with Gasteiger partial charge in [0.2, 0.25) is 0 Å². The van der Waals surface area contributed by atoms with Crippen LogP contribution in [0.25, 0.3) is 0 Å². The van der Waals surface area contributed by atoms with Crippen molar-refractivity contribution in [2.45, 2.75) is 44.0 Å². The zero-order chi connectivity index (χ0) is 50.3. The van der Waals surface area contributed by atoms with Crippen LogP contribution in [0.15, 0.2) is 146 Å². The molecule has 0 atom stereocenters. The van der Waals surface area contributed by atoms with Crippen LogP contribution in [-0.2, 0) is 56.5 Å². The molecule has 0 unspecified atom stereocenters. The molecule has 0 saturated carbocycles. The summed E-state index contributed by atoms with van der Waals surface area (Å²) in [7, 11) is -7.50. The Kier molecular flexibility index (Phi) is 17.0. The monoisotopic (exact) mass is 1140 g/mol. The topological polar surface area (TPSA) is 0 Å². The second kappa shape index (κ2) is 21.0. The van der Waals surface area contributed by atoms with Crippen molar-refractivity contribution >= 4 is 55.6 Å². The van der Waals surface area contributed by atoms with E-state index in [9.17, 15) is 79.0 Å². The summed E-state index contributed by atoms with van der Waals surface area (Å²) >= 11 is 0. The molecular formula is C47H33F18P3Rh. The Labute approximate surface area is 399 Å². The summed E-state index contributed by atoms with van der Waals surface area (Å²) in [5.41, 5.74) is -9.18. The molecule has 0 saturated heterocycles. The van der Waals surface area contributed by atoms with E-state index in [4.69, 9.17) is 0 Å². The second-order valence-electron chi connectivity index (χ2n) is 15.9. The molecule has 0 fully saturated rings. The number of benzene rings is 6. The fourth-order valence-electron chi connectivity index (χ4n) is 7.39. The van der Waals surface area contributed by atoms with Crippen molar-refractivity contribution in [1.29, 1.82) is 0 Å². The van der Waals surface area contributed by atoms with Gasteiger partial charge in [0.15, 0.2) is 0 Å². The van der Waals surface area contributed by atoms with E-state index in [1.54, 1.807) is 0 Å². The summed E-state index contributed by atoms with van der Waals surface area (Å²) in [4.78, 5) is 0. The maximum atomic E-state index is 14.3. The third kappa shape index (κ3) is 14.3. The van der Waals surface area contributed by atoms with Crippen molar-refractivity contribution in [1.82, 2.24) is 0 Å². The van der Waals surface area contributed by atoms with Crippen LogP contribution in [0.5, 0.6) is 0 Å². The Morgan fingerprint density at radius 2 is 0.420 bits per heavy atom. The van der Waals surface area contributed by atoms with Crippen molar-refractivity contribution in [3.63, 3.8) is 0 Å². The van der Waals surface area contributed by atoms with E-state index in [-0.39, 0.29) is 51.3 Å². The first-order valence-corrected chi connectivity index (χ1v) is 24.3. The zero-order valence-electron chi connectivity index (χ0n) is 35.0. The Morgan fingerprint density at radius 1 is 0.275 bits per heavy atom. The number of hydrogen-bond donors (Lipinski definition) is 0. The SMILES string of the molecule is CC(CP(c1cccc(C(F)(F)F)c1)c1cccc(C(F)(F)F)c1)(CP(c1cccc(C(F)(F)F)c1)c1cccc(C(F)(F)F)c1)CP(c1cccc(C(F)(F)F)c1)c1cccc(C(F)(F)F)c1.[Rh]. The van der Waals surface area contributed by atoms with Gasteiger partial charge in [-0.3, -0.25) is 0 Å². The van der Waals surface area contributed by atoms with Crippen LogP contribution in [0.4, 0.5) is 79.0 Å². The largest absolute Gasteiger partial charge is 0.416 e. The first kappa shape index (κ1) is 55.9. The van der Waals surface area contributed by atoms with Gasteiger partial charge in [0, 0.05) is 19.5 Å². The summed E-state index contributed by atoms with van der Waals surface area (Å²) in [6.45, 7) is 1.39. The zero-order valence-corrected chi connectivity index (χ0v) is 39.3. The summed E-state index contributed by atoms with van der Waals surface area (Å²) in [5, 5.41) is -1.14. The van der Waals surface area contributed by atoms with Crippen LogP contribution in [-0.4, -0.2) is 18.5 Å². The summed E-state index contributed by atoms with van der Waals surface area (Å²) in [6, 6.07) is 21.2. The maximum absolute atomic E-state index is 14.3. The maximum Gasteiger partial charge on any atom is 0.416 e.